The molecule has 1 aromatic carbocycles. The summed E-state index contributed by atoms with van der Waals surface area (Å²) in [4.78, 5) is 11.6. The van der Waals surface area contributed by atoms with Crippen LogP contribution >= 0.6 is 15.9 Å². The van der Waals surface area contributed by atoms with Gasteiger partial charge in [0.05, 0.1) is 11.6 Å². The minimum Gasteiger partial charge on any atom is -0.464 e. The topological polar surface area (TPSA) is 30.2 Å². The molecule has 0 amide bonds. The summed E-state index contributed by atoms with van der Waals surface area (Å²) >= 11 is 3.31. The Hall–Kier alpha value is -1.09. The maximum atomic E-state index is 11.6. The number of benzene rings is 1. The van der Waals surface area contributed by atoms with Gasteiger partial charge >= 0.3 is 0 Å². The second-order valence-corrected chi connectivity index (χ2v) is 3.80. The van der Waals surface area contributed by atoms with Crippen LogP contribution in [0.4, 0.5) is 0 Å². The van der Waals surface area contributed by atoms with Crippen LogP contribution in [0.25, 0.3) is 11.0 Å². The van der Waals surface area contributed by atoms with Crippen LogP contribution in [0, 0.1) is 6.92 Å². The maximum absolute atomic E-state index is 11.6. The number of rotatable bonds is 0. The molecule has 2 aromatic rings. The van der Waals surface area contributed by atoms with E-state index in [0.29, 0.717) is 16.5 Å². The van der Waals surface area contributed by atoms with Crippen molar-refractivity contribution in [1.82, 2.24) is 0 Å². The molecule has 0 atom stereocenters. The lowest BCUT2D eigenvalue weighted by Gasteiger charge is -1.97. The first-order valence-electron chi connectivity index (χ1n) is 3.86. The third-order valence-electron chi connectivity index (χ3n) is 1.91. The number of halogens is 1. The Morgan fingerprint density at radius 1 is 1.38 bits per heavy atom. The van der Waals surface area contributed by atoms with Crippen molar-refractivity contribution in [2.75, 3.05) is 0 Å². The largest absolute Gasteiger partial charge is 0.464 e. The zero-order valence-corrected chi connectivity index (χ0v) is 8.59. The van der Waals surface area contributed by atoms with Crippen LogP contribution in [-0.4, -0.2) is 0 Å². The molecule has 0 aliphatic heterocycles. The van der Waals surface area contributed by atoms with Gasteiger partial charge in [0.15, 0.2) is 5.43 Å². The fourth-order valence-electron chi connectivity index (χ4n) is 1.20. The molecule has 0 saturated heterocycles. The van der Waals surface area contributed by atoms with Gasteiger partial charge in [-0.25, -0.2) is 0 Å². The van der Waals surface area contributed by atoms with E-state index in [2.05, 4.69) is 15.9 Å². The quantitative estimate of drug-likeness (QED) is 0.707. The highest BCUT2D eigenvalue weighted by molar-refractivity contribution is 9.10. The van der Waals surface area contributed by atoms with E-state index in [1.807, 2.05) is 6.07 Å². The molecule has 0 saturated carbocycles. The molecule has 0 radical (unpaired) electrons. The molecule has 66 valence electrons. The summed E-state index contributed by atoms with van der Waals surface area (Å²) in [6.07, 6.45) is 1.48. The molecule has 0 spiro atoms. The highest BCUT2D eigenvalue weighted by Gasteiger charge is 2.02. The van der Waals surface area contributed by atoms with Gasteiger partial charge in [0.1, 0.15) is 5.58 Å². The van der Waals surface area contributed by atoms with Crippen molar-refractivity contribution in [3.8, 4) is 0 Å². The molecule has 0 unspecified atom stereocenters. The molecule has 3 heteroatoms. The SMILES string of the molecule is Cc1coc2ccc(Br)cc2c1=O. The maximum Gasteiger partial charge on any atom is 0.195 e. The van der Waals surface area contributed by atoms with Crippen LogP contribution in [0.15, 0.2) is 38.1 Å². The normalized spacial score (nSPS) is 10.6. The Balaban J connectivity index is 2.97. The van der Waals surface area contributed by atoms with Gasteiger partial charge in [-0.1, -0.05) is 15.9 Å². The summed E-state index contributed by atoms with van der Waals surface area (Å²) in [6.45, 7) is 1.74. The van der Waals surface area contributed by atoms with E-state index in [-0.39, 0.29) is 5.43 Å². The lowest BCUT2D eigenvalue weighted by molar-refractivity contribution is 0.597. The van der Waals surface area contributed by atoms with Crippen molar-refractivity contribution in [1.29, 1.82) is 0 Å². The zero-order chi connectivity index (χ0) is 9.42. The molecule has 0 bridgehead atoms. The summed E-state index contributed by atoms with van der Waals surface area (Å²) in [5, 5.41) is 0.620. The lowest BCUT2D eigenvalue weighted by Crippen LogP contribution is -2.03. The molecule has 0 aliphatic carbocycles. The summed E-state index contributed by atoms with van der Waals surface area (Å²) in [7, 11) is 0. The van der Waals surface area contributed by atoms with Crippen molar-refractivity contribution >= 4 is 26.9 Å². The van der Waals surface area contributed by atoms with E-state index in [4.69, 9.17) is 4.42 Å². The van der Waals surface area contributed by atoms with E-state index >= 15 is 0 Å². The molecular weight excluding hydrogens is 232 g/mol. The third-order valence-corrected chi connectivity index (χ3v) is 2.40. The number of aryl methyl sites for hydroxylation is 1. The molecule has 2 rings (SSSR count). The minimum absolute atomic E-state index is 0.0301. The molecule has 0 aliphatic rings. The van der Waals surface area contributed by atoms with Gasteiger partial charge in [-0.05, 0) is 25.1 Å². The second-order valence-electron chi connectivity index (χ2n) is 2.89. The Morgan fingerprint density at radius 3 is 2.92 bits per heavy atom. The van der Waals surface area contributed by atoms with Crippen molar-refractivity contribution in [2.24, 2.45) is 0 Å². The van der Waals surface area contributed by atoms with E-state index in [0.717, 1.165) is 4.47 Å². The number of hydrogen-bond donors (Lipinski definition) is 0. The van der Waals surface area contributed by atoms with E-state index < -0.39 is 0 Å². The summed E-state index contributed by atoms with van der Waals surface area (Å²) in [6, 6.07) is 5.40. The Bertz CT molecular complexity index is 509. The van der Waals surface area contributed by atoms with Crippen LogP contribution in [0.1, 0.15) is 5.56 Å². The lowest BCUT2D eigenvalue weighted by atomic mass is 10.2. The smallest absolute Gasteiger partial charge is 0.195 e. The molecule has 0 N–H and O–H groups in total. The number of fused-ring (bicyclic) bond motifs is 1. The molecule has 1 aromatic heterocycles. The van der Waals surface area contributed by atoms with Gasteiger partial charge in [-0.2, -0.15) is 0 Å². The first-order chi connectivity index (χ1) is 6.18. The molecular formula is C10H7BrO2. The summed E-state index contributed by atoms with van der Waals surface area (Å²) < 4.78 is 6.14. The zero-order valence-electron chi connectivity index (χ0n) is 7.00. The minimum atomic E-state index is 0.0301. The number of hydrogen-bond acceptors (Lipinski definition) is 2. The highest BCUT2D eigenvalue weighted by atomic mass is 79.9. The van der Waals surface area contributed by atoms with Crippen LogP contribution in [0.5, 0.6) is 0 Å². The predicted molar refractivity (Wildman–Crippen MR) is 54.9 cm³/mol. The fourth-order valence-corrected chi connectivity index (χ4v) is 1.56. The van der Waals surface area contributed by atoms with Crippen molar-refractivity contribution in [2.45, 2.75) is 6.92 Å². The van der Waals surface area contributed by atoms with Crippen LogP contribution < -0.4 is 5.43 Å². The third kappa shape index (κ3) is 1.40. The summed E-state index contributed by atoms with van der Waals surface area (Å²) in [5.74, 6) is 0. The predicted octanol–water partition coefficient (Wildman–Crippen LogP) is 2.86. The van der Waals surface area contributed by atoms with Crippen LogP contribution in [0.3, 0.4) is 0 Å². The fraction of sp³-hybridized carbons (Fsp3) is 0.100. The van der Waals surface area contributed by atoms with Gasteiger partial charge in [0.2, 0.25) is 0 Å². The molecule has 2 nitrogen and oxygen atoms in total. The monoisotopic (exact) mass is 238 g/mol. The van der Waals surface area contributed by atoms with Gasteiger partial charge in [-0.3, -0.25) is 4.79 Å². The average Bonchev–Trinajstić information content (AvgIpc) is 2.12. The van der Waals surface area contributed by atoms with Crippen molar-refractivity contribution in [3.63, 3.8) is 0 Å². The van der Waals surface area contributed by atoms with Crippen LogP contribution in [-0.2, 0) is 0 Å². The van der Waals surface area contributed by atoms with E-state index in [1.165, 1.54) is 6.26 Å². The second kappa shape index (κ2) is 3.00. The van der Waals surface area contributed by atoms with E-state index in [1.54, 1.807) is 19.1 Å². The van der Waals surface area contributed by atoms with Crippen LogP contribution in [0.2, 0.25) is 0 Å². The first-order valence-corrected chi connectivity index (χ1v) is 4.65. The van der Waals surface area contributed by atoms with Gasteiger partial charge < -0.3 is 4.42 Å². The van der Waals surface area contributed by atoms with E-state index in [9.17, 15) is 4.79 Å². The molecule has 0 fully saturated rings. The molecule has 13 heavy (non-hydrogen) atoms. The average molecular weight is 239 g/mol. The van der Waals surface area contributed by atoms with Gasteiger partial charge in [0, 0.05) is 10.0 Å². The Labute approximate surface area is 83.3 Å². The van der Waals surface area contributed by atoms with Gasteiger partial charge in [0.25, 0.3) is 0 Å². The van der Waals surface area contributed by atoms with Gasteiger partial charge in [-0.15, -0.1) is 0 Å². The van der Waals surface area contributed by atoms with Crippen molar-refractivity contribution < 1.29 is 4.42 Å². The van der Waals surface area contributed by atoms with Crippen molar-refractivity contribution in [3.05, 3.63) is 44.7 Å². The Kier molecular flexibility index (Phi) is 1.96. The first kappa shape index (κ1) is 8.51. The standard InChI is InChI=1S/C10H7BrO2/c1-6-5-13-9-3-2-7(11)4-8(9)10(6)12/h2-5H,1H3. The highest BCUT2D eigenvalue weighted by Crippen LogP contribution is 2.17. The molecule has 1 heterocycles. The Morgan fingerprint density at radius 2 is 2.15 bits per heavy atom. The summed E-state index contributed by atoms with van der Waals surface area (Å²) in [5.41, 5.74) is 1.28.